The molecule has 2 aromatic heterocycles. The third kappa shape index (κ3) is 3.39. The van der Waals surface area contributed by atoms with E-state index in [4.69, 9.17) is 0 Å². The molecular weight excluding hydrogens is 506 g/mol. The molecule has 1 N–H and O–H groups in total. The summed E-state index contributed by atoms with van der Waals surface area (Å²) in [6.07, 6.45) is 2.19. The Morgan fingerprint density at radius 2 is 1.93 bits per heavy atom. The van der Waals surface area contributed by atoms with Crippen molar-refractivity contribution in [2.45, 2.75) is 44.3 Å². The zero-order valence-corrected chi connectivity index (χ0v) is 22.0. The first-order valence-corrected chi connectivity index (χ1v) is 14.1. The lowest BCUT2D eigenvalue weighted by Crippen LogP contribution is -2.61. The van der Waals surface area contributed by atoms with Gasteiger partial charge in [-0.2, -0.15) is 0 Å². The Labute approximate surface area is 230 Å². The number of pyridine rings is 1. The first-order chi connectivity index (χ1) is 19.5. The second-order valence-electron chi connectivity index (χ2n) is 11.8. The first kappa shape index (κ1) is 23.5. The molecule has 40 heavy (non-hydrogen) atoms. The molecule has 8 rings (SSSR count). The standard InChI is InChI=1S/C31H29N5O4/c37-29-7-3-6-27-19-12-20(16-34(27)29)30-24(14-18-13-21(36(39)40)8-9-28(18)35(30)15-19)31(38)33-11-10-23-22-4-1-2-5-25(22)32-26(23)17-33/h1-9,13,19-20,24,30,32H,10-12,14-17H2/t19-,20-,24+,30-/m0/s1. The van der Waals surface area contributed by atoms with Gasteiger partial charge >= 0.3 is 0 Å². The van der Waals surface area contributed by atoms with Crippen molar-refractivity contribution >= 4 is 28.2 Å². The van der Waals surface area contributed by atoms with Gasteiger partial charge in [-0.1, -0.05) is 24.3 Å². The number of hydrogen-bond acceptors (Lipinski definition) is 5. The predicted octanol–water partition coefficient (Wildman–Crippen LogP) is 3.99. The summed E-state index contributed by atoms with van der Waals surface area (Å²) >= 11 is 0. The third-order valence-corrected chi connectivity index (χ3v) is 9.71. The predicted molar refractivity (Wildman–Crippen MR) is 150 cm³/mol. The van der Waals surface area contributed by atoms with E-state index in [0.29, 0.717) is 32.6 Å². The topological polar surface area (TPSA) is 104 Å². The molecule has 1 fully saturated rings. The second-order valence-corrected chi connectivity index (χ2v) is 11.8. The highest BCUT2D eigenvalue weighted by Gasteiger charge is 2.50. The smallest absolute Gasteiger partial charge is 0.269 e. The van der Waals surface area contributed by atoms with Gasteiger partial charge in [0.05, 0.1) is 17.4 Å². The summed E-state index contributed by atoms with van der Waals surface area (Å²) in [6.45, 7) is 2.45. The van der Waals surface area contributed by atoms with Crippen LogP contribution >= 0.6 is 0 Å². The van der Waals surface area contributed by atoms with Gasteiger partial charge in [0, 0.05) is 77.8 Å². The summed E-state index contributed by atoms with van der Waals surface area (Å²) in [6, 6.07) is 18.8. The fourth-order valence-corrected chi connectivity index (χ4v) is 8.05. The zero-order chi connectivity index (χ0) is 27.1. The Kier molecular flexibility index (Phi) is 5.02. The molecule has 4 aliphatic heterocycles. The molecule has 0 spiro atoms. The van der Waals surface area contributed by atoms with Crippen LogP contribution in [0.15, 0.2) is 65.5 Å². The first-order valence-electron chi connectivity index (χ1n) is 14.1. The Morgan fingerprint density at radius 1 is 1.05 bits per heavy atom. The van der Waals surface area contributed by atoms with Gasteiger partial charge < -0.3 is 19.4 Å². The molecular formula is C31H29N5O4. The number of piperidine rings is 1. The summed E-state index contributed by atoms with van der Waals surface area (Å²) in [5.41, 5.74) is 6.42. The molecule has 9 heteroatoms. The lowest BCUT2D eigenvalue weighted by Gasteiger charge is -2.54. The van der Waals surface area contributed by atoms with Gasteiger partial charge in [0.15, 0.2) is 0 Å². The maximum absolute atomic E-state index is 14.4. The number of aromatic amines is 1. The number of aromatic nitrogens is 2. The number of nitro benzene ring substituents is 1. The third-order valence-electron chi connectivity index (χ3n) is 9.71. The monoisotopic (exact) mass is 535 g/mol. The van der Waals surface area contributed by atoms with Crippen LogP contribution in [0.1, 0.15) is 34.9 Å². The normalized spacial score (nSPS) is 24.6. The van der Waals surface area contributed by atoms with Crippen LogP contribution in [0.4, 0.5) is 11.4 Å². The number of amides is 1. The van der Waals surface area contributed by atoms with Crippen molar-refractivity contribution in [1.82, 2.24) is 14.5 Å². The molecule has 1 saturated heterocycles. The largest absolute Gasteiger partial charge is 0.366 e. The quantitative estimate of drug-likeness (QED) is 0.309. The van der Waals surface area contributed by atoms with Crippen molar-refractivity contribution in [3.63, 3.8) is 0 Å². The van der Waals surface area contributed by atoms with Crippen molar-refractivity contribution in [3.05, 3.63) is 104 Å². The van der Waals surface area contributed by atoms with Crippen molar-refractivity contribution < 1.29 is 9.72 Å². The van der Waals surface area contributed by atoms with Gasteiger partial charge in [0.25, 0.3) is 11.2 Å². The van der Waals surface area contributed by atoms with E-state index in [-0.39, 0.29) is 45.9 Å². The zero-order valence-electron chi connectivity index (χ0n) is 22.0. The van der Waals surface area contributed by atoms with Crippen molar-refractivity contribution in [3.8, 4) is 0 Å². The number of non-ortho nitro benzene ring substituents is 1. The molecule has 6 heterocycles. The number of fused-ring (bicyclic) bond motifs is 11. The molecule has 4 aliphatic rings. The molecule has 0 saturated carbocycles. The van der Waals surface area contributed by atoms with Gasteiger partial charge in [-0.05, 0) is 54.5 Å². The lowest BCUT2D eigenvalue weighted by molar-refractivity contribution is -0.384. The lowest BCUT2D eigenvalue weighted by atomic mass is 9.69. The number of nitrogens with zero attached hydrogens (tertiary/aromatic N) is 4. The van der Waals surface area contributed by atoms with E-state index in [0.717, 1.165) is 41.0 Å². The minimum absolute atomic E-state index is 0.0118. The van der Waals surface area contributed by atoms with Gasteiger partial charge in [0.2, 0.25) is 5.91 Å². The minimum Gasteiger partial charge on any atom is -0.366 e. The summed E-state index contributed by atoms with van der Waals surface area (Å²) in [4.78, 5) is 46.3. The van der Waals surface area contributed by atoms with E-state index in [2.05, 4.69) is 22.0 Å². The van der Waals surface area contributed by atoms with Crippen LogP contribution in [0.2, 0.25) is 0 Å². The molecule has 202 valence electrons. The number of carbonyl (C=O) groups excluding carboxylic acids is 1. The van der Waals surface area contributed by atoms with Crippen LogP contribution in [0.25, 0.3) is 10.9 Å². The Hall–Kier alpha value is -4.40. The summed E-state index contributed by atoms with van der Waals surface area (Å²) in [5.74, 6) is 0.0650. The average molecular weight is 536 g/mol. The van der Waals surface area contributed by atoms with Crippen molar-refractivity contribution in [2.24, 2.45) is 11.8 Å². The molecule has 2 aromatic carbocycles. The number of hydrogen-bond donors (Lipinski definition) is 1. The number of carbonyl (C=O) groups is 1. The van der Waals surface area contributed by atoms with Gasteiger partial charge in [0.1, 0.15) is 0 Å². The Bertz CT molecular complexity index is 1770. The molecule has 0 aliphatic carbocycles. The number of H-pyrrole nitrogens is 1. The van der Waals surface area contributed by atoms with E-state index >= 15 is 0 Å². The Balaban J connectivity index is 1.19. The number of para-hydroxylation sites is 1. The van der Waals surface area contributed by atoms with Crippen LogP contribution in [-0.4, -0.2) is 44.4 Å². The Morgan fingerprint density at radius 3 is 2.80 bits per heavy atom. The summed E-state index contributed by atoms with van der Waals surface area (Å²) in [5, 5.41) is 12.9. The molecule has 1 amide bonds. The van der Waals surface area contributed by atoms with Crippen LogP contribution in [0.5, 0.6) is 0 Å². The van der Waals surface area contributed by atoms with Crippen LogP contribution in [0.3, 0.4) is 0 Å². The molecule has 4 aromatic rings. The van der Waals surface area contributed by atoms with E-state index in [1.807, 2.05) is 39.8 Å². The van der Waals surface area contributed by atoms with Gasteiger partial charge in [-0.3, -0.25) is 19.7 Å². The molecule has 4 atom stereocenters. The fourth-order valence-electron chi connectivity index (χ4n) is 8.05. The van der Waals surface area contributed by atoms with Crippen molar-refractivity contribution in [1.29, 1.82) is 0 Å². The average Bonchev–Trinajstić information content (AvgIpc) is 3.34. The SMILES string of the molecule is O=C([C@@H]1Cc2cc([N+](=O)[O-])ccc2N2C[C@@H]3C[C@@H](Cn4c3cccc4=O)[C@@H]12)N1CCc2c([nH]c3ccccc23)C1. The highest BCUT2D eigenvalue weighted by Crippen LogP contribution is 2.48. The van der Waals surface area contributed by atoms with Crippen LogP contribution in [-0.2, 0) is 30.7 Å². The number of anilines is 1. The maximum atomic E-state index is 14.4. The molecule has 2 bridgehead atoms. The second kappa shape index (κ2) is 8.55. The number of nitro groups is 1. The highest BCUT2D eigenvalue weighted by atomic mass is 16.6. The van der Waals surface area contributed by atoms with Crippen LogP contribution in [0, 0.1) is 22.0 Å². The molecule has 0 unspecified atom stereocenters. The van der Waals surface area contributed by atoms with Gasteiger partial charge in [-0.15, -0.1) is 0 Å². The van der Waals surface area contributed by atoms with E-state index in [1.165, 1.54) is 10.9 Å². The van der Waals surface area contributed by atoms with E-state index in [9.17, 15) is 19.7 Å². The molecule has 9 nitrogen and oxygen atoms in total. The number of rotatable bonds is 2. The summed E-state index contributed by atoms with van der Waals surface area (Å²) in [7, 11) is 0. The minimum atomic E-state index is -0.362. The molecule has 0 radical (unpaired) electrons. The highest BCUT2D eigenvalue weighted by molar-refractivity contribution is 5.87. The maximum Gasteiger partial charge on any atom is 0.269 e. The fraction of sp³-hybridized carbons (Fsp3) is 0.355. The number of benzene rings is 2. The van der Waals surface area contributed by atoms with Crippen LogP contribution < -0.4 is 10.5 Å². The van der Waals surface area contributed by atoms with Crippen molar-refractivity contribution in [2.75, 3.05) is 18.0 Å². The van der Waals surface area contributed by atoms with E-state index < -0.39 is 0 Å². The van der Waals surface area contributed by atoms with E-state index in [1.54, 1.807) is 18.2 Å². The van der Waals surface area contributed by atoms with Gasteiger partial charge in [-0.25, -0.2) is 0 Å². The summed E-state index contributed by atoms with van der Waals surface area (Å²) < 4.78 is 1.90. The number of nitrogens with one attached hydrogen (secondary N) is 1.